The summed E-state index contributed by atoms with van der Waals surface area (Å²) in [5.74, 6) is -2.74. The zero-order valence-electron chi connectivity index (χ0n) is 17.8. The van der Waals surface area contributed by atoms with E-state index in [1.807, 2.05) is 13.8 Å². The summed E-state index contributed by atoms with van der Waals surface area (Å²) in [6.45, 7) is 7.04. The molecule has 2 atom stereocenters. The third-order valence-corrected chi connectivity index (χ3v) is 6.55. The van der Waals surface area contributed by atoms with Gasteiger partial charge in [0.05, 0.1) is 23.3 Å². The minimum atomic E-state index is -4.50. The largest absolute Gasteiger partial charge is 0.507 e. The third kappa shape index (κ3) is 5.55. The average Bonchev–Trinajstić information content (AvgIpc) is 2.73. The average molecular weight is 451 g/mol. The van der Waals surface area contributed by atoms with Crippen molar-refractivity contribution in [1.29, 1.82) is 0 Å². The Balaban J connectivity index is 2.50. The van der Waals surface area contributed by atoms with Gasteiger partial charge in [0.2, 0.25) is 9.84 Å². The number of rotatable bonds is 8. The molecule has 0 aliphatic rings. The van der Waals surface area contributed by atoms with Crippen LogP contribution < -0.4 is 0 Å². The molecule has 0 bridgehead atoms. The molecule has 2 aromatic rings. The van der Waals surface area contributed by atoms with Gasteiger partial charge in [-0.2, -0.15) is 0 Å². The van der Waals surface area contributed by atoms with Crippen molar-refractivity contribution in [2.45, 2.75) is 62.5 Å². The molecule has 0 heterocycles. The van der Waals surface area contributed by atoms with Crippen LogP contribution in [0.5, 0.6) is 11.5 Å². The van der Waals surface area contributed by atoms with Crippen LogP contribution in [0, 0.1) is 0 Å². The van der Waals surface area contributed by atoms with Gasteiger partial charge in [0.25, 0.3) is 0 Å². The number of phenolic OH excluding ortho intramolecular Hbond substituents is 2. The molecule has 2 aromatic carbocycles. The van der Waals surface area contributed by atoms with Crippen LogP contribution in [0.1, 0.15) is 61.3 Å². The number of hydrogen-bond donors (Lipinski definition) is 2. The van der Waals surface area contributed by atoms with Crippen LogP contribution in [0.4, 0.5) is 0 Å². The summed E-state index contributed by atoms with van der Waals surface area (Å²) < 4.78 is 36.7. The number of sulfone groups is 1. The van der Waals surface area contributed by atoms with Gasteiger partial charge in [-0.1, -0.05) is 13.8 Å². The third-order valence-electron chi connectivity index (χ3n) is 4.74. The lowest BCUT2D eigenvalue weighted by Gasteiger charge is -2.14. The molecule has 0 radical (unpaired) electrons. The van der Waals surface area contributed by atoms with E-state index in [1.165, 1.54) is 12.1 Å². The molecule has 0 fully saturated rings. The Bertz CT molecular complexity index is 995. The van der Waals surface area contributed by atoms with Gasteiger partial charge in [-0.3, -0.25) is 0 Å². The highest BCUT2D eigenvalue weighted by molar-refractivity contribution is 7.91. The van der Waals surface area contributed by atoms with Gasteiger partial charge in [0.15, 0.2) is 0 Å². The standard InChI is InChI=1S/C22H26O8S/c1-5-13(3)29-21(25)15-7-9-17(23)19(11-15)31(27,28)20-12-16(8-10-18(20)24)22(26)30-14(4)6-2/h7-14,23-24H,5-6H2,1-4H3. The first-order chi connectivity index (χ1) is 14.5. The van der Waals surface area contributed by atoms with E-state index in [9.17, 15) is 28.2 Å². The number of hydrogen-bond acceptors (Lipinski definition) is 8. The topological polar surface area (TPSA) is 127 Å². The van der Waals surface area contributed by atoms with Gasteiger partial charge in [-0.15, -0.1) is 0 Å². The Morgan fingerprint density at radius 2 is 1.16 bits per heavy atom. The molecule has 168 valence electrons. The first kappa shape index (κ1) is 24.2. The highest BCUT2D eigenvalue weighted by Gasteiger charge is 2.28. The SMILES string of the molecule is CCC(C)OC(=O)c1ccc(O)c(S(=O)(=O)c2cc(C(=O)OC(C)CC)ccc2O)c1. The van der Waals surface area contributed by atoms with Crippen LogP contribution in [0.15, 0.2) is 46.2 Å². The first-order valence-corrected chi connectivity index (χ1v) is 11.3. The fourth-order valence-corrected chi connectivity index (χ4v) is 3.99. The highest BCUT2D eigenvalue weighted by Crippen LogP contribution is 2.34. The van der Waals surface area contributed by atoms with Crippen molar-refractivity contribution >= 4 is 21.8 Å². The number of esters is 2. The van der Waals surface area contributed by atoms with Crippen molar-refractivity contribution in [3.63, 3.8) is 0 Å². The molecule has 0 saturated heterocycles. The molecule has 2 N–H and O–H groups in total. The Morgan fingerprint density at radius 1 is 0.806 bits per heavy atom. The first-order valence-electron chi connectivity index (χ1n) is 9.84. The van der Waals surface area contributed by atoms with Crippen molar-refractivity contribution in [2.24, 2.45) is 0 Å². The van der Waals surface area contributed by atoms with Crippen molar-refractivity contribution in [1.82, 2.24) is 0 Å². The van der Waals surface area contributed by atoms with Crippen molar-refractivity contribution < 1.29 is 37.7 Å². The van der Waals surface area contributed by atoms with Crippen molar-refractivity contribution in [3.05, 3.63) is 47.5 Å². The number of benzene rings is 2. The molecule has 0 spiro atoms. The molecule has 0 aliphatic heterocycles. The predicted molar refractivity (Wildman–Crippen MR) is 112 cm³/mol. The van der Waals surface area contributed by atoms with E-state index in [1.54, 1.807) is 13.8 Å². The maximum atomic E-state index is 13.2. The molecule has 0 amide bonds. The molecule has 9 heteroatoms. The van der Waals surface area contributed by atoms with Gasteiger partial charge >= 0.3 is 11.9 Å². The van der Waals surface area contributed by atoms with Crippen LogP contribution in [0.2, 0.25) is 0 Å². The second kappa shape index (κ2) is 9.82. The van der Waals surface area contributed by atoms with E-state index < -0.39 is 43.1 Å². The van der Waals surface area contributed by atoms with E-state index in [0.717, 1.165) is 24.3 Å². The molecule has 0 aromatic heterocycles. The maximum Gasteiger partial charge on any atom is 0.338 e. The number of carbonyl (C=O) groups is 2. The number of aromatic hydroxyl groups is 2. The smallest absolute Gasteiger partial charge is 0.338 e. The van der Waals surface area contributed by atoms with E-state index in [-0.39, 0.29) is 23.3 Å². The molecular formula is C22H26O8S. The van der Waals surface area contributed by atoms with Gasteiger partial charge in [0.1, 0.15) is 21.3 Å². The lowest BCUT2D eigenvalue weighted by molar-refractivity contribution is 0.0324. The molecule has 0 aliphatic carbocycles. The van der Waals surface area contributed by atoms with Crippen LogP contribution in [-0.4, -0.2) is 42.8 Å². The van der Waals surface area contributed by atoms with E-state index in [0.29, 0.717) is 12.8 Å². The fourth-order valence-electron chi connectivity index (χ4n) is 2.50. The molecule has 31 heavy (non-hydrogen) atoms. The van der Waals surface area contributed by atoms with Crippen LogP contribution in [0.3, 0.4) is 0 Å². The monoisotopic (exact) mass is 450 g/mol. The molecule has 2 unspecified atom stereocenters. The molecular weight excluding hydrogens is 424 g/mol. The summed E-state index contributed by atoms with van der Waals surface area (Å²) in [6.07, 6.45) is 0.391. The summed E-state index contributed by atoms with van der Waals surface area (Å²) in [4.78, 5) is 23.3. The summed E-state index contributed by atoms with van der Waals surface area (Å²) in [6, 6.07) is 6.52. The fraction of sp³-hybridized carbons (Fsp3) is 0.364. The minimum Gasteiger partial charge on any atom is -0.507 e. The van der Waals surface area contributed by atoms with Crippen molar-refractivity contribution in [2.75, 3.05) is 0 Å². The second-order valence-electron chi connectivity index (χ2n) is 7.12. The van der Waals surface area contributed by atoms with Gasteiger partial charge in [-0.05, 0) is 63.1 Å². The summed E-state index contributed by atoms with van der Waals surface area (Å²) in [7, 11) is -4.50. The Kier molecular flexibility index (Phi) is 7.67. The van der Waals surface area contributed by atoms with Crippen LogP contribution >= 0.6 is 0 Å². The normalized spacial score (nSPS) is 13.3. The van der Waals surface area contributed by atoms with Gasteiger partial charge < -0.3 is 19.7 Å². The summed E-state index contributed by atoms with van der Waals surface area (Å²) in [5, 5.41) is 20.3. The minimum absolute atomic E-state index is 0.0801. The predicted octanol–water partition coefficient (Wildman–Crippen LogP) is 3.84. The van der Waals surface area contributed by atoms with Gasteiger partial charge in [0, 0.05) is 0 Å². The van der Waals surface area contributed by atoms with E-state index in [4.69, 9.17) is 9.47 Å². The Morgan fingerprint density at radius 3 is 1.48 bits per heavy atom. The second-order valence-corrected chi connectivity index (χ2v) is 9.00. The Hall–Kier alpha value is -3.07. The number of ether oxygens (including phenoxy) is 2. The Labute approximate surface area is 181 Å². The quantitative estimate of drug-likeness (QED) is 0.581. The number of carbonyl (C=O) groups excluding carboxylic acids is 2. The zero-order valence-corrected chi connectivity index (χ0v) is 18.6. The van der Waals surface area contributed by atoms with E-state index in [2.05, 4.69) is 0 Å². The van der Waals surface area contributed by atoms with Crippen LogP contribution in [0.25, 0.3) is 0 Å². The lowest BCUT2D eigenvalue weighted by atomic mass is 10.2. The molecule has 0 saturated carbocycles. The molecule has 2 rings (SSSR count). The van der Waals surface area contributed by atoms with Crippen LogP contribution in [-0.2, 0) is 19.3 Å². The summed E-state index contributed by atoms with van der Waals surface area (Å²) >= 11 is 0. The van der Waals surface area contributed by atoms with Gasteiger partial charge in [-0.25, -0.2) is 18.0 Å². The maximum absolute atomic E-state index is 13.2. The van der Waals surface area contributed by atoms with E-state index >= 15 is 0 Å². The molecule has 8 nitrogen and oxygen atoms in total. The lowest BCUT2D eigenvalue weighted by Crippen LogP contribution is -2.15. The highest BCUT2D eigenvalue weighted by atomic mass is 32.2. The number of phenols is 2. The van der Waals surface area contributed by atoms with Crippen molar-refractivity contribution in [3.8, 4) is 11.5 Å². The summed E-state index contributed by atoms with van der Waals surface area (Å²) in [5.41, 5.74) is -0.160. The zero-order chi connectivity index (χ0) is 23.3.